The van der Waals surface area contributed by atoms with Crippen molar-refractivity contribution in [2.45, 2.75) is 71.5 Å². The topological polar surface area (TPSA) is 35.5 Å². The number of hydrogen-bond donors (Lipinski definition) is 2. The maximum Gasteiger partial charge on any atom is 0.0628 e. The van der Waals surface area contributed by atoms with E-state index < -0.39 is 0 Å². The van der Waals surface area contributed by atoms with E-state index in [2.05, 4.69) is 44.8 Å². The highest BCUT2D eigenvalue weighted by Gasteiger charge is 2.46. The molecule has 108 valence electrons. The summed E-state index contributed by atoms with van der Waals surface area (Å²) >= 11 is 0. The molecule has 0 saturated heterocycles. The molecule has 1 aliphatic rings. The highest BCUT2D eigenvalue weighted by atomic mass is 16.3. The predicted octanol–water partition coefficient (Wildman–Crippen LogP) is 2.25. The van der Waals surface area contributed by atoms with Crippen LogP contribution >= 0.6 is 0 Å². The normalized spacial score (nSPS) is 21.3. The van der Waals surface area contributed by atoms with E-state index in [1.165, 1.54) is 19.3 Å². The Balaban J connectivity index is 2.75. The molecule has 2 atom stereocenters. The molecule has 0 aliphatic heterocycles. The maximum absolute atomic E-state index is 9.95. The second-order valence-electron chi connectivity index (χ2n) is 6.21. The lowest BCUT2D eigenvalue weighted by Gasteiger charge is -2.41. The lowest BCUT2D eigenvalue weighted by molar-refractivity contribution is 0.0691. The highest BCUT2D eigenvalue weighted by molar-refractivity contribution is 5.03. The zero-order valence-corrected chi connectivity index (χ0v) is 12.9. The first-order chi connectivity index (χ1) is 8.49. The van der Waals surface area contributed by atoms with Gasteiger partial charge in [0.25, 0.3) is 0 Å². The number of aliphatic hydroxyl groups is 1. The van der Waals surface area contributed by atoms with Gasteiger partial charge in [0, 0.05) is 18.6 Å². The van der Waals surface area contributed by atoms with Gasteiger partial charge in [0.15, 0.2) is 0 Å². The summed E-state index contributed by atoms with van der Waals surface area (Å²) in [5, 5.41) is 13.6. The molecule has 0 aromatic carbocycles. The molecule has 0 aromatic rings. The van der Waals surface area contributed by atoms with Crippen LogP contribution in [0.1, 0.15) is 53.9 Å². The van der Waals surface area contributed by atoms with E-state index in [1.54, 1.807) is 0 Å². The largest absolute Gasteiger partial charge is 0.394 e. The molecule has 0 spiro atoms. The summed E-state index contributed by atoms with van der Waals surface area (Å²) < 4.78 is 0. The molecular weight excluding hydrogens is 224 g/mol. The average molecular weight is 256 g/mol. The molecule has 1 fully saturated rings. The number of hydrogen-bond acceptors (Lipinski definition) is 3. The van der Waals surface area contributed by atoms with Gasteiger partial charge in [0.1, 0.15) is 0 Å². The van der Waals surface area contributed by atoms with Gasteiger partial charge in [-0.15, -0.1) is 0 Å². The number of aliphatic hydroxyl groups excluding tert-OH is 1. The fraction of sp³-hybridized carbons (Fsp3) is 1.00. The van der Waals surface area contributed by atoms with Gasteiger partial charge >= 0.3 is 0 Å². The Morgan fingerprint density at radius 1 is 1.28 bits per heavy atom. The number of likely N-dealkylation sites (N-methyl/N-ethyl adjacent to an activating group) is 1. The van der Waals surface area contributed by atoms with Crippen LogP contribution in [0.5, 0.6) is 0 Å². The maximum atomic E-state index is 9.95. The molecule has 18 heavy (non-hydrogen) atoms. The van der Waals surface area contributed by atoms with Crippen LogP contribution < -0.4 is 5.32 Å². The first kappa shape index (κ1) is 15.9. The van der Waals surface area contributed by atoms with Crippen molar-refractivity contribution in [2.24, 2.45) is 5.92 Å². The van der Waals surface area contributed by atoms with Crippen LogP contribution in [-0.4, -0.2) is 47.3 Å². The van der Waals surface area contributed by atoms with Crippen molar-refractivity contribution in [1.29, 1.82) is 0 Å². The number of rotatable bonds is 9. The molecule has 0 bridgehead atoms. The van der Waals surface area contributed by atoms with Crippen molar-refractivity contribution in [1.82, 2.24) is 10.2 Å². The van der Waals surface area contributed by atoms with Crippen LogP contribution in [0, 0.1) is 5.92 Å². The summed E-state index contributed by atoms with van der Waals surface area (Å²) in [6.45, 7) is 13.4. The fourth-order valence-electron chi connectivity index (χ4n) is 2.93. The number of nitrogens with one attached hydrogen (secondary N) is 1. The second-order valence-corrected chi connectivity index (χ2v) is 6.21. The molecule has 0 aromatic heterocycles. The van der Waals surface area contributed by atoms with Crippen LogP contribution in [0.3, 0.4) is 0 Å². The minimum Gasteiger partial charge on any atom is -0.394 e. The van der Waals surface area contributed by atoms with Crippen LogP contribution in [0.2, 0.25) is 0 Å². The first-order valence-corrected chi connectivity index (χ1v) is 7.61. The van der Waals surface area contributed by atoms with Gasteiger partial charge in [0.2, 0.25) is 0 Å². The van der Waals surface area contributed by atoms with Crippen molar-refractivity contribution < 1.29 is 5.11 Å². The Kier molecular flexibility index (Phi) is 6.09. The van der Waals surface area contributed by atoms with E-state index >= 15 is 0 Å². The van der Waals surface area contributed by atoms with Crippen LogP contribution in [0.15, 0.2) is 0 Å². The SMILES string of the molecule is CCC(C)N(CC)CC(CO)(NC(C)C)C1CC1. The second kappa shape index (κ2) is 6.88. The van der Waals surface area contributed by atoms with Gasteiger partial charge in [-0.3, -0.25) is 4.90 Å². The third kappa shape index (κ3) is 3.94. The van der Waals surface area contributed by atoms with Gasteiger partial charge in [-0.1, -0.05) is 27.7 Å². The van der Waals surface area contributed by atoms with Crippen LogP contribution in [0.25, 0.3) is 0 Å². The molecule has 3 nitrogen and oxygen atoms in total. The van der Waals surface area contributed by atoms with Gasteiger partial charge in [-0.05, 0) is 38.6 Å². The van der Waals surface area contributed by atoms with Crippen molar-refractivity contribution in [3.05, 3.63) is 0 Å². The van der Waals surface area contributed by atoms with E-state index in [-0.39, 0.29) is 12.1 Å². The minimum atomic E-state index is -0.0897. The van der Waals surface area contributed by atoms with Crippen molar-refractivity contribution in [2.75, 3.05) is 19.7 Å². The Morgan fingerprint density at radius 2 is 1.89 bits per heavy atom. The van der Waals surface area contributed by atoms with Crippen molar-refractivity contribution in [3.8, 4) is 0 Å². The quantitative estimate of drug-likeness (QED) is 0.664. The summed E-state index contributed by atoms with van der Waals surface area (Å²) in [6, 6.07) is 1.02. The molecule has 1 rings (SSSR count). The summed E-state index contributed by atoms with van der Waals surface area (Å²) in [6.07, 6.45) is 3.69. The van der Waals surface area contributed by atoms with E-state index in [4.69, 9.17) is 0 Å². The molecule has 2 N–H and O–H groups in total. The molecular formula is C15H32N2O. The molecule has 1 aliphatic carbocycles. The smallest absolute Gasteiger partial charge is 0.0628 e. The zero-order chi connectivity index (χ0) is 13.8. The first-order valence-electron chi connectivity index (χ1n) is 7.61. The molecule has 0 amide bonds. The molecule has 0 heterocycles. The summed E-state index contributed by atoms with van der Waals surface area (Å²) in [4.78, 5) is 2.50. The molecule has 0 radical (unpaired) electrons. The highest BCUT2D eigenvalue weighted by Crippen LogP contribution is 2.40. The van der Waals surface area contributed by atoms with Gasteiger partial charge in [-0.2, -0.15) is 0 Å². The number of nitrogens with zero attached hydrogens (tertiary/aromatic N) is 1. The lowest BCUT2D eigenvalue weighted by atomic mass is 9.91. The van der Waals surface area contributed by atoms with E-state index in [0.717, 1.165) is 13.1 Å². The fourth-order valence-corrected chi connectivity index (χ4v) is 2.93. The Hall–Kier alpha value is -0.120. The van der Waals surface area contributed by atoms with Gasteiger partial charge in [0.05, 0.1) is 12.1 Å². The van der Waals surface area contributed by atoms with Crippen LogP contribution in [-0.2, 0) is 0 Å². The van der Waals surface area contributed by atoms with Gasteiger partial charge < -0.3 is 10.4 Å². The van der Waals surface area contributed by atoms with E-state index in [9.17, 15) is 5.11 Å². The molecule has 3 heteroatoms. The summed E-state index contributed by atoms with van der Waals surface area (Å²) in [7, 11) is 0. The molecule has 2 unspecified atom stereocenters. The van der Waals surface area contributed by atoms with Crippen molar-refractivity contribution in [3.63, 3.8) is 0 Å². The standard InChI is InChI=1S/C15H32N2O/c1-6-13(5)17(7-2)10-15(11-18,14-8-9-14)16-12(3)4/h12-14,16,18H,6-11H2,1-5H3. The Bertz CT molecular complexity index is 241. The Morgan fingerprint density at radius 3 is 2.22 bits per heavy atom. The van der Waals surface area contributed by atoms with E-state index in [1.807, 2.05) is 0 Å². The zero-order valence-electron chi connectivity index (χ0n) is 12.9. The minimum absolute atomic E-state index is 0.0897. The predicted molar refractivity (Wildman–Crippen MR) is 77.8 cm³/mol. The molecule has 1 saturated carbocycles. The van der Waals surface area contributed by atoms with E-state index in [0.29, 0.717) is 18.0 Å². The summed E-state index contributed by atoms with van der Waals surface area (Å²) in [5.74, 6) is 0.656. The lowest BCUT2D eigenvalue weighted by Crippen LogP contribution is -2.61. The summed E-state index contributed by atoms with van der Waals surface area (Å²) in [5.41, 5.74) is -0.0897. The van der Waals surface area contributed by atoms with Gasteiger partial charge in [-0.25, -0.2) is 0 Å². The average Bonchev–Trinajstić information content (AvgIpc) is 3.17. The third-order valence-electron chi connectivity index (χ3n) is 4.32. The third-order valence-corrected chi connectivity index (χ3v) is 4.32. The van der Waals surface area contributed by atoms with Crippen LogP contribution in [0.4, 0.5) is 0 Å². The van der Waals surface area contributed by atoms with Crippen molar-refractivity contribution >= 4 is 0 Å². The Labute approximate surface area is 113 Å². The monoisotopic (exact) mass is 256 g/mol.